The van der Waals surface area contributed by atoms with Crippen molar-refractivity contribution in [2.45, 2.75) is 189 Å². The molecule has 2 unspecified atom stereocenters. The van der Waals surface area contributed by atoms with Gasteiger partial charge in [0, 0.05) is 108 Å². The fourth-order valence-electron chi connectivity index (χ4n) is 15.3. The Bertz CT molecular complexity index is 3580. The van der Waals surface area contributed by atoms with Gasteiger partial charge in [0.2, 0.25) is 41.4 Å². The third-order valence-corrected chi connectivity index (χ3v) is 21.3. The van der Waals surface area contributed by atoms with Gasteiger partial charge >= 0.3 is 24.6 Å². The number of fused-ring (bicyclic) bond motifs is 7. The van der Waals surface area contributed by atoms with Gasteiger partial charge in [-0.15, -0.1) is 0 Å². The Kier molecular flexibility index (Phi) is 22.5. The number of aryl methyl sites for hydroxylation is 2. The van der Waals surface area contributed by atoms with Crippen LogP contribution in [-0.2, 0) is 68.7 Å². The molecule has 8 bridgehead atoms. The molecule has 30 heteroatoms. The van der Waals surface area contributed by atoms with Crippen LogP contribution >= 0.6 is 7.82 Å². The molecule has 15 atom stereocenters. The van der Waals surface area contributed by atoms with E-state index in [-0.39, 0.29) is 87.4 Å². The number of phosphoric ester groups is 1. The van der Waals surface area contributed by atoms with Gasteiger partial charge in [-0.1, -0.05) is 47.1 Å². The number of phosphoric acid groups is 1. The second-order valence-electron chi connectivity index (χ2n) is 26.6. The summed E-state index contributed by atoms with van der Waals surface area (Å²) in [6, 6.07) is 2.63. The molecule has 28 nitrogen and oxygen atoms in total. The first-order chi connectivity index (χ1) is 42.3. The number of aliphatic hydroxyl groups is 2. The van der Waals surface area contributed by atoms with Crippen molar-refractivity contribution in [3.63, 3.8) is 0 Å². The molecule has 2 fully saturated rings. The maximum Gasteiger partial charge on any atom is 2.00 e. The van der Waals surface area contributed by atoms with Crippen LogP contribution in [0.4, 0.5) is 0 Å². The van der Waals surface area contributed by atoms with E-state index in [9.17, 15) is 53.2 Å². The molecule has 7 amide bonds. The summed E-state index contributed by atoms with van der Waals surface area (Å²) in [6.07, 6.45) is -5.28. The van der Waals surface area contributed by atoms with E-state index in [1.54, 1.807) is 20.8 Å². The Hall–Kier alpha value is -7.00. The van der Waals surface area contributed by atoms with Gasteiger partial charge in [-0.25, -0.2) is 9.55 Å². The predicted molar refractivity (Wildman–Crippen MR) is 334 cm³/mol. The van der Waals surface area contributed by atoms with Crippen LogP contribution < -0.4 is 39.7 Å². The van der Waals surface area contributed by atoms with Crippen molar-refractivity contribution in [2.24, 2.45) is 94.7 Å². The number of aliphatic imine (C=N–C) groups is 3. The smallest absolute Gasteiger partial charge is 0.680 e. The molecular formula is C62H87CoN14O14P. The number of aliphatic hydroxyl groups excluding tert-OH is 2. The number of nitrogens with one attached hydrogen (secondary N) is 1. The van der Waals surface area contributed by atoms with Crippen LogP contribution in [0.3, 0.4) is 0 Å². The van der Waals surface area contributed by atoms with E-state index in [1.165, 1.54) is 17.8 Å². The molecular weight excluding hydrogens is 1250 g/mol. The average Bonchev–Trinajstić information content (AvgIpc) is 1.53. The van der Waals surface area contributed by atoms with Crippen LogP contribution in [0, 0.1) is 71.0 Å². The molecule has 7 heterocycles. The Balaban J connectivity index is 0.00000444. The first kappa shape index (κ1) is 74.0. The Labute approximate surface area is 545 Å². The standard InChI is InChI=1S/C61H88N13O14P.CN.Co/c1-28-20-38-39(21-29(28)2)74(27-68-38)56-51(83)52(40(26-75)86-56)88-89(84,85)87-32(5)69-48(82)18-19-58(8)36(22-45(65)79)55-61(11)60(10,25-47(67)81)35(14-17-44(64)78)50(73-61)31(4)54-59(9,24-46(66)80)33(12-15-42(62)76)37(70-54)23-41-57(6,7)34(13-16-43(63)77)49(71-41)30(3)53(58)72-55;1-2;/h20-21,23,27,32-36,40,51-52,55-56,75,83H,12-19,22,24-26H2,1-11H3,(H15,62,63,64,65,66,67,69,70,71,72,73,76,77,78,79,80,81,82,84,85);;/q;-1;+2/p-1/t32-,33-,34-,35-,36+,40-,51-,52-,55?,56+,58-,59+,60+,61+;;/m1../s1. The van der Waals surface area contributed by atoms with Crippen LogP contribution in [-0.4, -0.2) is 126 Å². The number of nitrogens with zero attached hydrogens (tertiary/aromatic N) is 7. The minimum absolute atomic E-state index is 0. The predicted octanol–water partition coefficient (Wildman–Crippen LogP) is 4.00. The van der Waals surface area contributed by atoms with E-state index in [0.29, 0.717) is 56.4 Å². The average molecular weight is 1340 g/mol. The van der Waals surface area contributed by atoms with E-state index in [0.717, 1.165) is 11.1 Å². The van der Waals surface area contributed by atoms with Gasteiger partial charge in [0.1, 0.15) is 24.5 Å². The summed E-state index contributed by atoms with van der Waals surface area (Å²) >= 11 is 0. The summed E-state index contributed by atoms with van der Waals surface area (Å²) in [7, 11) is -5.20. The molecule has 2 saturated heterocycles. The number of amides is 7. The van der Waals surface area contributed by atoms with Gasteiger partial charge in [-0.3, -0.25) is 57.6 Å². The van der Waals surface area contributed by atoms with Crippen molar-refractivity contribution in [1.29, 1.82) is 5.26 Å². The first-order valence-electron chi connectivity index (χ1n) is 30.3. The van der Waals surface area contributed by atoms with Crippen LogP contribution in [0.15, 0.2) is 67.8 Å². The van der Waals surface area contributed by atoms with Crippen molar-refractivity contribution in [3.8, 4) is 0 Å². The van der Waals surface area contributed by atoms with Crippen molar-refractivity contribution < 1.29 is 83.8 Å². The summed E-state index contributed by atoms with van der Waals surface area (Å²) in [5, 5.41) is 36.4. The van der Waals surface area contributed by atoms with Crippen molar-refractivity contribution >= 4 is 77.3 Å². The van der Waals surface area contributed by atoms with Gasteiger partial charge in [0.05, 0.1) is 24.0 Å². The number of ether oxygens (including phenoxy) is 1. The number of hydrogen-bond acceptors (Lipinski definition) is 18. The number of imidazole rings is 1. The SMILES string of the molecule is C/C1=C2N=C(/C=C3N=C(/C(C)=C4\[N-][C@@](C)(C5N=C1[C@](C)(CCC(=O)N[C@@H](C)OP(=O)(O)O[C@H]1[C@@H](O)[C@@H](n6cnc7cc(C)c(C)cc76)O[C@@H]1CO)[C@H]5CC(N)=O)[C@@](C)(CC(N)=O)[C@@H]4CCC(N)=O)[C@@](C)(CC(N)=O)[C@@H]\3CCC(N)=O)C(C)(C)[C@@H]/2CCC(N)=O.[C-]#N.[Co+2]. The molecule has 2 aromatic rings. The summed E-state index contributed by atoms with van der Waals surface area (Å²) < 4.78 is 32.3. The quantitative estimate of drug-likeness (QED) is 0.0381. The molecule has 1 aromatic carbocycles. The van der Waals surface area contributed by atoms with E-state index in [2.05, 4.69) is 10.3 Å². The summed E-state index contributed by atoms with van der Waals surface area (Å²) in [5.41, 5.74) is 36.5. The number of rotatable bonds is 25. The van der Waals surface area contributed by atoms with Crippen LogP contribution in [0.2, 0.25) is 0 Å². The van der Waals surface area contributed by atoms with Crippen molar-refractivity contribution in [3.05, 3.63) is 75.8 Å². The fourth-order valence-corrected chi connectivity index (χ4v) is 16.3. The molecule has 0 spiro atoms. The summed E-state index contributed by atoms with van der Waals surface area (Å²) in [4.78, 5) is 125. The molecule has 6 aliphatic rings. The third kappa shape index (κ3) is 14.1. The fraction of sp³-hybridized carbons (Fsp3) is 0.613. The van der Waals surface area contributed by atoms with E-state index >= 15 is 0 Å². The molecule has 6 aliphatic heterocycles. The topological polar surface area (TPSA) is 486 Å². The number of allylic oxidation sites excluding steroid dienone is 6. The normalized spacial score (nSPS) is 33.4. The largest absolute Gasteiger partial charge is 2.00 e. The van der Waals surface area contributed by atoms with E-state index in [1.807, 2.05) is 66.7 Å². The minimum Gasteiger partial charge on any atom is -0.680 e. The molecule has 16 N–H and O–H groups in total. The number of benzene rings is 1. The van der Waals surface area contributed by atoms with Gasteiger partial charge < -0.3 is 81.3 Å². The van der Waals surface area contributed by atoms with Crippen LogP contribution in [0.5, 0.6) is 0 Å². The molecule has 1 aromatic heterocycles. The van der Waals surface area contributed by atoms with Crippen molar-refractivity contribution in [1.82, 2.24) is 14.9 Å². The number of hydrogen-bond donors (Lipinski definition) is 10. The molecule has 0 aliphatic carbocycles. The summed E-state index contributed by atoms with van der Waals surface area (Å²) in [6.45, 7) is 23.9. The van der Waals surface area contributed by atoms with Gasteiger partial charge in [0.25, 0.3) is 0 Å². The van der Waals surface area contributed by atoms with E-state index < -0.39 is 143 Å². The van der Waals surface area contributed by atoms with Crippen LogP contribution in [0.25, 0.3) is 16.4 Å². The third-order valence-electron chi connectivity index (χ3n) is 20.2. The maximum absolute atomic E-state index is 14.4. The maximum atomic E-state index is 14.4. The number of aromatic nitrogens is 2. The molecule has 92 heavy (non-hydrogen) atoms. The Morgan fingerprint density at radius 1 is 0.793 bits per heavy atom. The van der Waals surface area contributed by atoms with Gasteiger partial charge in [0.15, 0.2) is 6.23 Å². The molecule has 1 radical (unpaired) electrons. The Morgan fingerprint density at radius 3 is 1.93 bits per heavy atom. The zero-order valence-electron chi connectivity index (χ0n) is 53.8. The van der Waals surface area contributed by atoms with Crippen LogP contribution in [0.1, 0.15) is 150 Å². The molecule has 8 rings (SSSR count). The number of primary amides is 6. The van der Waals surface area contributed by atoms with Gasteiger partial charge in [-0.2, -0.15) is 5.70 Å². The van der Waals surface area contributed by atoms with Crippen molar-refractivity contribution in [2.75, 3.05) is 6.61 Å². The molecule has 0 saturated carbocycles. The van der Waals surface area contributed by atoms with E-state index in [4.69, 9.17) is 80.3 Å². The first-order valence-corrected chi connectivity index (χ1v) is 31.8. The second-order valence-corrected chi connectivity index (χ2v) is 28.0. The monoisotopic (exact) mass is 1340 g/mol. The zero-order chi connectivity index (χ0) is 68.0. The second kappa shape index (κ2) is 27.9. The number of nitrogens with two attached hydrogens (primary N) is 6. The minimum atomic E-state index is -5.20. The molecule has 503 valence electrons. The summed E-state index contributed by atoms with van der Waals surface area (Å²) in [5.74, 6) is -7.63. The van der Waals surface area contributed by atoms with Gasteiger partial charge in [-0.05, 0) is 118 Å². The number of carbonyl (C=O) groups is 7. The Morgan fingerprint density at radius 2 is 1.37 bits per heavy atom. The zero-order valence-corrected chi connectivity index (χ0v) is 55.7. The number of carbonyl (C=O) groups excluding carboxylic acids is 7.